The van der Waals surface area contributed by atoms with E-state index in [1.807, 2.05) is 0 Å². The monoisotopic (exact) mass is 170 g/mol. The van der Waals surface area contributed by atoms with Crippen molar-refractivity contribution in [3.63, 3.8) is 0 Å². The smallest absolute Gasteiger partial charge is 0.0858 e. The van der Waals surface area contributed by atoms with Gasteiger partial charge in [0.2, 0.25) is 0 Å². The van der Waals surface area contributed by atoms with Gasteiger partial charge in [0.15, 0.2) is 0 Å². The third-order valence-electron chi connectivity index (χ3n) is 3.25. The summed E-state index contributed by atoms with van der Waals surface area (Å²) >= 11 is 0. The summed E-state index contributed by atoms with van der Waals surface area (Å²) in [6, 6.07) is 0. The molecule has 0 aromatic heterocycles. The largest absolute Gasteiger partial charge is 0.390 e. The normalized spacial score (nSPS) is 34.2. The summed E-state index contributed by atoms with van der Waals surface area (Å²) < 4.78 is 5.30. The first-order valence-corrected chi connectivity index (χ1v) is 5.17. The number of hydrogen-bond acceptors (Lipinski definition) is 2. The molecule has 1 saturated heterocycles. The highest BCUT2D eigenvalue weighted by Gasteiger charge is 2.33. The van der Waals surface area contributed by atoms with Crippen LogP contribution in [0.1, 0.15) is 38.5 Å². The van der Waals surface area contributed by atoms with E-state index in [9.17, 15) is 5.11 Å². The number of ether oxygens (including phenoxy) is 1. The Hall–Kier alpha value is -0.0800. The van der Waals surface area contributed by atoms with E-state index >= 15 is 0 Å². The van der Waals surface area contributed by atoms with Gasteiger partial charge in [-0.05, 0) is 25.2 Å². The van der Waals surface area contributed by atoms with E-state index in [1.165, 1.54) is 32.1 Å². The highest BCUT2D eigenvalue weighted by atomic mass is 16.5. The molecule has 2 nitrogen and oxygen atoms in total. The summed E-state index contributed by atoms with van der Waals surface area (Å²) in [5.74, 6) is 0.532. The maximum atomic E-state index is 9.87. The molecule has 0 radical (unpaired) electrons. The first-order chi connectivity index (χ1) is 5.88. The van der Waals surface area contributed by atoms with Crippen molar-refractivity contribution in [3.05, 3.63) is 0 Å². The van der Waals surface area contributed by atoms with Crippen LogP contribution in [0.15, 0.2) is 0 Å². The van der Waals surface area contributed by atoms with Crippen LogP contribution in [0.4, 0.5) is 0 Å². The van der Waals surface area contributed by atoms with E-state index in [-0.39, 0.29) is 12.2 Å². The third-order valence-corrected chi connectivity index (χ3v) is 3.25. The van der Waals surface area contributed by atoms with Crippen molar-refractivity contribution in [2.24, 2.45) is 5.92 Å². The zero-order valence-corrected chi connectivity index (χ0v) is 7.54. The zero-order chi connectivity index (χ0) is 8.39. The molecule has 0 bridgehead atoms. The van der Waals surface area contributed by atoms with Crippen LogP contribution in [0.3, 0.4) is 0 Å². The highest BCUT2D eigenvalue weighted by molar-refractivity contribution is 4.83. The summed E-state index contributed by atoms with van der Waals surface area (Å²) in [6.45, 7) is 0.856. The fourth-order valence-corrected chi connectivity index (χ4v) is 2.30. The van der Waals surface area contributed by atoms with Gasteiger partial charge in [0.1, 0.15) is 0 Å². The number of aliphatic hydroxyl groups is 1. The average Bonchev–Trinajstić information content (AvgIpc) is 2.03. The van der Waals surface area contributed by atoms with Crippen LogP contribution < -0.4 is 0 Å². The van der Waals surface area contributed by atoms with Crippen LogP contribution in [0, 0.1) is 5.92 Å². The van der Waals surface area contributed by atoms with Gasteiger partial charge < -0.3 is 9.84 Å². The van der Waals surface area contributed by atoms with Crippen LogP contribution in [-0.2, 0) is 4.74 Å². The Kier molecular flexibility index (Phi) is 2.66. The number of hydrogen-bond donors (Lipinski definition) is 1. The van der Waals surface area contributed by atoms with Gasteiger partial charge in [-0.1, -0.05) is 19.3 Å². The minimum Gasteiger partial charge on any atom is -0.390 e. The predicted octanol–water partition coefficient (Wildman–Crippen LogP) is 1.72. The van der Waals surface area contributed by atoms with Gasteiger partial charge in [0.25, 0.3) is 0 Å². The van der Waals surface area contributed by atoms with Gasteiger partial charge in [-0.3, -0.25) is 0 Å². The Bertz CT molecular complexity index is 137. The summed E-state index contributed by atoms with van der Waals surface area (Å²) in [7, 11) is 0. The molecule has 0 aromatic rings. The summed E-state index contributed by atoms with van der Waals surface area (Å²) in [5.41, 5.74) is 0. The molecule has 2 atom stereocenters. The molecule has 0 aromatic carbocycles. The van der Waals surface area contributed by atoms with Gasteiger partial charge in [0, 0.05) is 6.61 Å². The number of rotatable bonds is 2. The van der Waals surface area contributed by atoms with Crippen LogP contribution in [0.25, 0.3) is 0 Å². The minimum absolute atomic E-state index is 0.168. The van der Waals surface area contributed by atoms with Gasteiger partial charge in [0.05, 0.1) is 12.2 Å². The lowest BCUT2D eigenvalue weighted by atomic mass is 9.82. The molecular formula is C10H18O2. The van der Waals surface area contributed by atoms with Crippen molar-refractivity contribution in [2.45, 2.75) is 50.7 Å². The van der Waals surface area contributed by atoms with Crippen molar-refractivity contribution in [3.8, 4) is 0 Å². The maximum Gasteiger partial charge on any atom is 0.0858 e. The van der Waals surface area contributed by atoms with E-state index in [4.69, 9.17) is 4.74 Å². The van der Waals surface area contributed by atoms with Gasteiger partial charge in [-0.25, -0.2) is 0 Å². The molecule has 1 aliphatic carbocycles. The molecule has 0 spiro atoms. The molecule has 2 fully saturated rings. The van der Waals surface area contributed by atoms with Crippen LogP contribution in [-0.4, -0.2) is 23.9 Å². The second-order valence-corrected chi connectivity index (χ2v) is 4.09. The quantitative estimate of drug-likeness (QED) is 0.683. The van der Waals surface area contributed by atoms with Crippen molar-refractivity contribution >= 4 is 0 Å². The fourth-order valence-electron chi connectivity index (χ4n) is 2.30. The topological polar surface area (TPSA) is 29.5 Å². The molecule has 70 valence electrons. The zero-order valence-electron chi connectivity index (χ0n) is 7.54. The lowest BCUT2D eigenvalue weighted by Crippen LogP contribution is -2.43. The first-order valence-electron chi connectivity index (χ1n) is 5.17. The molecular weight excluding hydrogens is 152 g/mol. The van der Waals surface area contributed by atoms with Crippen LogP contribution in [0.2, 0.25) is 0 Å². The fraction of sp³-hybridized carbons (Fsp3) is 1.00. The first kappa shape index (κ1) is 8.52. The van der Waals surface area contributed by atoms with Crippen molar-refractivity contribution < 1.29 is 9.84 Å². The Morgan fingerprint density at radius 3 is 2.25 bits per heavy atom. The maximum absolute atomic E-state index is 9.87. The molecule has 2 unspecified atom stereocenters. The molecule has 2 rings (SSSR count). The van der Waals surface area contributed by atoms with Crippen LogP contribution >= 0.6 is 0 Å². The van der Waals surface area contributed by atoms with E-state index in [0.717, 1.165) is 13.0 Å². The lowest BCUT2D eigenvalue weighted by Gasteiger charge is -2.36. The summed E-state index contributed by atoms with van der Waals surface area (Å²) in [6.07, 6.45) is 7.45. The van der Waals surface area contributed by atoms with E-state index in [1.54, 1.807) is 0 Å². The predicted molar refractivity (Wildman–Crippen MR) is 46.9 cm³/mol. The van der Waals surface area contributed by atoms with Crippen molar-refractivity contribution in [1.82, 2.24) is 0 Å². The molecule has 1 N–H and O–H groups in total. The second-order valence-electron chi connectivity index (χ2n) is 4.09. The molecule has 2 heteroatoms. The average molecular weight is 170 g/mol. The minimum atomic E-state index is -0.168. The summed E-state index contributed by atoms with van der Waals surface area (Å²) in [4.78, 5) is 0. The second kappa shape index (κ2) is 3.75. The Balaban J connectivity index is 1.80. The Morgan fingerprint density at radius 1 is 1.08 bits per heavy atom. The van der Waals surface area contributed by atoms with Crippen molar-refractivity contribution in [1.29, 1.82) is 0 Å². The lowest BCUT2D eigenvalue weighted by molar-refractivity contribution is -0.136. The Morgan fingerprint density at radius 2 is 1.75 bits per heavy atom. The molecule has 0 amide bonds. The van der Waals surface area contributed by atoms with Gasteiger partial charge in [-0.2, -0.15) is 0 Å². The summed E-state index contributed by atoms with van der Waals surface area (Å²) in [5, 5.41) is 9.87. The third kappa shape index (κ3) is 1.64. The van der Waals surface area contributed by atoms with Crippen molar-refractivity contribution in [2.75, 3.05) is 6.61 Å². The SMILES string of the molecule is OC(C1CCCCC1)C1CCO1. The molecule has 12 heavy (non-hydrogen) atoms. The standard InChI is InChI=1S/C10H18O2/c11-10(9-6-7-12-9)8-4-2-1-3-5-8/h8-11H,1-7H2. The number of aliphatic hydroxyl groups excluding tert-OH is 1. The highest BCUT2D eigenvalue weighted by Crippen LogP contribution is 2.31. The molecule has 2 aliphatic rings. The van der Waals surface area contributed by atoms with E-state index < -0.39 is 0 Å². The molecule has 1 heterocycles. The molecule has 1 saturated carbocycles. The Labute approximate surface area is 73.9 Å². The van der Waals surface area contributed by atoms with E-state index in [2.05, 4.69) is 0 Å². The van der Waals surface area contributed by atoms with Crippen LogP contribution in [0.5, 0.6) is 0 Å². The van der Waals surface area contributed by atoms with Gasteiger partial charge >= 0.3 is 0 Å². The van der Waals surface area contributed by atoms with E-state index in [0.29, 0.717) is 5.92 Å². The van der Waals surface area contributed by atoms with Gasteiger partial charge in [-0.15, -0.1) is 0 Å². The molecule has 1 aliphatic heterocycles.